The van der Waals surface area contributed by atoms with Gasteiger partial charge < -0.3 is 14.2 Å². The van der Waals surface area contributed by atoms with Crippen molar-refractivity contribution in [2.24, 2.45) is 0 Å². The molecule has 0 unspecified atom stereocenters. The van der Waals surface area contributed by atoms with Crippen molar-refractivity contribution in [1.82, 2.24) is 0 Å². The van der Waals surface area contributed by atoms with Crippen molar-refractivity contribution in [2.75, 3.05) is 0 Å². The third-order valence-electron chi connectivity index (χ3n) is 0.493. The second kappa shape index (κ2) is 5.22. The first-order chi connectivity index (χ1) is 4.85. The molecule has 0 aromatic rings. The molecule has 0 atom stereocenters. The highest BCUT2D eigenvalue weighted by Crippen LogP contribution is 1.92. The SMILES string of the molecule is C#COC(OC#C)OC#C. The third kappa shape index (κ3) is 3.13. The highest BCUT2D eigenvalue weighted by molar-refractivity contribution is 4.75. The Bertz CT molecular complexity index is 162. The van der Waals surface area contributed by atoms with E-state index in [4.69, 9.17) is 19.3 Å². The summed E-state index contributed by atoms with van der Waals surface area (Å²) in [5.41, 5.74) is 0. The van der Waals surface area contributed by atoms with Crippen LogP contribution < -0.4 is 0 Å². The van der Waals surface area contributed by atoms with Crippen molar-refractivity contribution in [1.29, 1.82) is 0 Å². The summed E-state index contributed by atoms with van der Waals surface area (Å²) in [6, 6.07) is 0. The molecular weight excluding hydrogens is 132 g/mol. The normalized spacial score (nSPS) is 6.60. The fourth-order valence-electron chi connectivity index (χ4n) is 0.239. The molecule has 0 aromatic heterocycles. The van der Waals surface area contributed by atoms with E-state index in [1.165, 1.54) is 0 Å². The van der Waals surface area contributed by atoms with Crippen molar-refractivity contribution in [2.45, 2.75) is 6.48 Å². The summed E-state index contributed by atoms with van der Waals surface area (Å²) in [6.45, 7) is -1.18. The van der Waals surface area contributed by atoms with Crippen LogP contribution in [-0.4, -0.2) is 6.48 Å². The van der Waals surface area contributed by atoms with Gasteiger partial charge in [0.05, 0.1) is 0 Å². The first-order valence-corrected chi connectivity index (χ1v) is 2.19. The van der Waals surface area contributed by atoms with E-state index in [0.717, 1.165) is 0 Å². The maximum absolute atomic E-state index is 4.72. The monoisotopic (exact) mass is 136 g/mol. The van der Waals surface area contributed by atoms with E-state index in [1.54, 1.807) is 18.3 Å². The van der Waals surface area contributed by atoms with Crippen molar-refractivity contribution >= 4 is 0 Å². The van der Waals surface area contributed by atoms with E-state index in [1.807, 2.05) is 0 Å². The average Bonchev–Trinajstić information content (AvgIpc) is 1.90. The Balaban J connectivity index is 3.68. The molecule has 0 aliphatic rings. The van der Waals surface area contributed by atoms with Crippen LogP contribution in [0.25, 0.3) is 0 Å². The summed E-state index contributed by atoms with van der Waals surface area (Å²) in [5, 5.41) is 0. The van der Waals surface area contributed by atoms with Crippen LogP contribution in [0.15, 0.2) is 0 Å². The second-order valence-corrected chi connectivity index (χ2v) is 0.996. The standard InChI is InChI=1S/C7H4O3/c1-4-8-7(9-5-2)10-6-3/h1-3,7H. The van der Waals surface area contributed by atoms with Crippen molar-refractivity contribution < 1.29 is 14.2 Å². The Morgan fingerprint density at radius 2 is 1.10 bits per heavy atom. The van der Waals surface area contributed by atoms with E-state index in [-0.39, 0.29) is 0 Å². The zero-order valence-electron chi connectivity index (χ0n) is 5.03. The van der Waals surface area contributed by atoms with Crippen LogP contribution in [-0.2, 0) is 14.2 Å². The lowest BCUT2D eigenvalue weighted by Gasteiger charge is -2.07. The molecule has 0 bridgehead atoms. The molecule has 0 rings (SSSR count). The van der Waals surface area contributed by atoms with Gasteiger partial charge in [-0.1, -0.05) is 19.3 Å². The molecule has 10 heavy (non-hydrogen) atoms. The summed E-state index contributed by atoms with van der Waals surface area (Å²) >= 11 is 0. The quantitative estimate of drug-likeness (QED) is 0.406. The summed E-state index contributed by atoms with van der Waals surface area (Å²) in [7, 11) is 0. The number of rotatable bonds is 3. The average molecular weight is 136 g/mol. The van der Waals surface area contributed by atoms with Crippen LogP contribution in [0.5, 0.6) is 0 Å². The highest BCUT2D eigenvalue weighted by Gasteiger charge is 2.05. The topological polar surface area (TPSA) is 27.7 Å². The van der Waals surface area contributed by atoms with Crippen LogP contribution in [0.2, 0.25) is 0 Å². The highest BCUT2D eigenvalue weighted by atomic mass is 16.8. The van der Waals surface area contributed by atoms with Gasteiger partial charge in [-0.15, -0.1) is 0 Å². The van der Waals surface area contributed by atoms with Crippen LogP contribution in [0.1, 0.15) is 0 Å². The van der Waals surface area contributed by atoms with Crippen molar-refractivity contribution in [3.63, 3.8) is 0 Å². The Labute approximate surface area is 59.3 Å². The summed E-state index contributed by atoms with van der Waals surface area (Å²) in [4.78, 5) is 0. The molecule has 3 heteroatoms. The van der Waals surface area contributed by atoms with Gasteiger partial charge in [0.15, 0.2) is 0 Å². The first kappa shape index (κ1) is 8.08. The number of terminal acetylenes is 3. The van der Waals surface area contributed by atoms with Gasteiger partial charge in [0.2, 0.25) is 0 Å². The van der Waals surface area contributed by atoms with E-state index in [2.05, 4.69) is 14.2 Å². The van der Waals surface area contributed by atoms with Crippen LogP contribution in [0.4, 0.5) is 0 Å². The minimum atomic E-state index is -1.18. The minimum Gasteiger partial charge on any atom is -0.369 e. The molecule has 0 aliphatic heterocycles. The Morgan fingerprint density at radius 3 is 1.30 bits per heavy atom. The lowest BCUT2D eigenvalue weighted by Crippen LogP contribution is -2.13. The van der Waals surface area contributed by atoms with E-state index in [9.17, 15) is 0 Å². The first-order valence-electron chi connectivity index (χ1n) is 2.19. The molecule has 0 amide bonds. The molecule has 0 spiro atoms. The van der Waals surface area contributed by atoms with Gasteiger partial charge in [-0.2, -0.15) is 0 Å². The van der Waals surface area contributed by atoms with Gasteiger partial charge >= 0.3 is 6.48 Å². The molecule has 0 N–H and O–H groups in total. The lowest BCUT2D eigenvalue weighted by molar-refractivity contribution is -0.190. The molecule has 0 saturated carbocycles. The fourth-order valence-corrected chi connectivity index (χ4v) is 0.239. The van der Waals surface area contributed by atoms with E-state index in [0.29, 0.717) is 0 Å². The summed E-state index contributed by atoms with van der Waals surface area (Å²) in [6.07, 6.45) is 19.6. The third-order valence-corrected chi connectivity index (χ3v) is 0.493. The maximum atomic E-state index is 4.72. The van der Waals surface area contributed by atoms with E-state index >= 15 is 0 Å². The smallest absolute Gasteiger partial charge is 0.369 e. The Morgan fingerprint density at radius 1 is 0.800 bits per heavy atom. The fraction of sp³-hybridized carbons (Fsp3) is 0.143. The minimum absolute atomic E-state index is 1.18. The zero-order valence-corrected chi connectivity index (χ0v) is 5.03. The van der Waals surface area contributed by atoms with Crippen LogP contribution in [0.3, 0.4) is 0 Å². The molecule has 0 aliphatic carbocycles. The molecular formula is C7H4O3. The molecule has 50 valence electrons. The van der Waals surface area contributed by atoms with Gasteiger partial charge in [0.1, 0.15) is 18.3 Å². The summed E-state index contributed by atoms with van der Waals surface area (Å²) in [5.74, 6) is 0. The van der Waals surface area contributed by atoms with Gasteiger partial charge in [0, 0.05) is 0 Å². The number of ether oxygens (including phenoxy) is 3. The maximum Gasteiger partial charge on any atom is 0.430 e. The predicted octanol–water partition coefficient (Wildman–Crippen LogP) is 0.0919. The molecule has 3 nitrogen and oxygen atoms in total. The number of hydrogen-bond acceptors (Lipinski definition) is 3. The van der Waals surface area contributed by atoms with Crippen molar-refractivity contribution in [3.8, 4) is 37.6 Å². The molecule has 0 aromatic carbocycles. The Kier molecular flexibility index (Phi) is 4.22. The molecule has 0 fully saturated rings. The van der Waals surface area contributed by atoms with Crippen LogP contribution >= 0.6 is 0 Å². The van der Waals surface area contributed by atoms with Gasteiger partial charge in [0.25, 0.3) is 0 Å². The number of hydrogen-bond donors (Lipinski definition) is 0. The largest absolute Gasteiger partial charge is 0.430 e. The Hall–Kier alpha value is -1.92. The molecule has 0 saturated heterocycles. The summed E-state index contributed by atoms with van der Waals surface area (Å²) < 4.78 is 13.0. The zero-order chi connectivity index (χ0) is 7.82. The van der Waals surface area contributed by atoms with Gasteiger partial charge in [-0.25, -0.2) is 0 Å². The van der Waals surface area contributed by atoms with Crippen molar-refractivity contribution in [3.05, 3.63) is 0 Å². The predicted molar refractivity (Wildman–Crippen MR) is 33.5 cm³/mol. The van der Waals surface area contributed by atoms with Crippen LogP contribution in [0, 0.1) is 37.6 Å². The van der Waals surface area contributed by atoms with E-state index < -0.39 is 6.48 Å². The molecule has 0 radical (unpaired) electrons. The van der Waals surface area contributed by atoms with Gasteiger partial charge in [-0.05, 0) is 0 Å². The molecule has 0 heterocycles. The second-order valence-electron chi connectivity index (χ2n) is 0.996. The van der Waals surface area contributed by atoms with Gasteiger partial charge in [-0.3, -0.25) is 0 Å². The lowest BCUT2D eigenvalue weighted by atomic mass is 11.1.